The Morgan fingerprint density at radius 3 is 2.69 bits per heavy atom. The molecule has 2 heterocycles. The van der Waals surface area contributed by atoms with E-state index in [1.54, 1.807) is 23.1 Å². The van der Waals surface area contributed by atoms with Crippen molar-refractivity contribution in [2.75, 3.05) is 12.3 Å². The van der Waals surface area contributed by atoms with Gasteiger partial charge in [-0.15, -0.1) is 11.8 Å². The van der Waals surface area contributed by atoms with Crippen molar-refractivity contribution in [2.45, 2.75) is 18.9 Å². The van der Waals surface area contributed by atoms with Crippen molar-refractivity contribution < 1.29 is 32.2 Å². The van der Waals surface area contributed by atoms with E-state index in [-0.39, 0.29) is 17.1 Å². The average Bonchev–Trinajstić information content (AvgIpc) is 3.17. The first-order valence-corrected chi connectivity index (χ1v) is 9.69. The first-order valence-electron chi connectivity index (χ1n) is 8.71. The molecule has 9 heteroatoms. The van der Waals surface area contributed by atoms with Crippen LogP contribution in [0.2, 0.25) is 0 Å². The second-order valence-electron chi connectivity index (χ2n) is 6.21. The highest BCUT2D eigenvalue weighted by Gasteiger charge is 2.32. The van der Waals surface area contributed by atoms with Crippen molar-refractivity contribution >= 4 is 17.9 Å². The summed E-state index contributed by atoms with van der Waals surface area (Å²) in [6.07, 6.45) is 2.75. The Labute approximate surface area is 169 Å². The van der Waals surface area contributed by atoms with Crippen molar-refractivity contribution in [3.8, 4) is 0 Å². The lowest BCUT2D eigenvalue weighted by atomic mass is 10.1. The molecule has 0 saturated heterocycles. The molecule has 0 fully saturated rings. The van der Waals surface area contributed by atoms with Gasteiger partial charge in [0, 0.05) is 24.3 Å². The number of rotatable bonds is 8. The summed E-state index contributed by atoms with van der Waals surface area (Å²) >= 11 is 1.07. The van der Waals surface area contributed by atoms with Crippen LogP contribution < -0.4 is 0 Å². The standard InChI is InChI=1S/C20H18F3NO4S/c21-15-7-5-14(6-8-15)20(22,23)9-12-29-18-17(28-19(25)26)4-1-10-24(18)13-16-3-2-11-27-16/h1-8,11H,9-10,12-13H2,(H,25,26). The molecule has 0 bridgehead atoms. The summed E-state index contributed by atoms with van der Waals surface area (Å²) in [5.41, 5.74) is -0.272. The lowest BCUT2D eigenvalue weighted by Crippen LogP contribution is -2.26. The lowest BCUT2D eigenvalue weighted by molar-refractivity contribution is -0.00708. The molecular weight excluding hydrogens is 407 g/mol. The number of carbonyl (C=O) groups is 1. The highest BCUT2D eigenvalue weighted by Crippen LogP contribution is 2.36. The maximum Gasteiger partial charge on any atom is 0.511 e. The Kier molecular flexibility index (Phi) is 6.58. The van der Waals surface area contributed by atoms with Gasteiger partial charge in [-0.2, -0.15) is 0 Å². The first-order chi connectivity index (χ1) is 13.8. The van der Waals surface area contributed by atoms with E-state index in [9.17, 15) is 18.0 Å². The van der Waals surface area contributed by atoms with E-state index in [0.29, 0.717) is 23.9 Å². The summed E-state index contributed by atoms with van der Waals surface area (Å²) in [5, 5.41) is 9.40. The second-order valence-corrected chi connectivity index (χ2v) is 7.29. The zero-order valence-corrected chi connectivity index (χ0v) is 16.0. The summed E-state index contributed by atoms with van der Waals surface area (Å²) in [6, 6.07) is 7.60. The van der Waals surface area contributed by atoms with Gasteiger partial charge in [-0.3, -0.25) is 0 Å². The van der Waals surface area contributed by atoms with Crippen LogP contribution in [0.1, 0.15) is 17.7 Å². The fraction of sp³-hybridized carbons (Fsp3) is 0.250. The summed E-state index contributed by atoms with van der Waals surface area (Å²) in [4.78, 5) is 12.8. The summed E-state index contributed by atoms with van der Waals surface area (Å²) in [7, 11) is 0. The van der Waals surface area contributed by atoms with Gasteiger partial charge < -0.3 is 19.2 Å². The number of thioether (sulfide) groups is 1. The van der Waals surface area contributed by atoms with Crippen LogP contribution >= 0.6 is 11.8 Å². The van der Waals surface area contributed by atoms with Gasteiger partial charge >= 0.3 is 6.16 Å². The number of nitrogens with zero attached hydrogens (tertiary/aromatic N) is 1. The Balaban J connectivity index is 1.72. The molecule has 0 saturated carbocycles. The molecule has 5 nitrogen and oxygen atoms in total. The van der Waals surface area contributed by atoms with Gasteiger partial charge in [0.05, 0.1) is 12.8 Å². The monoisotopic (exact) mass is 425 g/mol. The normalized spacial score (nSPS) is 14.4. The number of alkyl halides is 2. The summed E-state index contributed by atoms with van der Waals surface area (Å²) in [5.74, 6) is -3.02. The zero-order chi connectivity index (χ0) is 20.9. The Morgan fingerprint density at radius 2 is 2.03 bits per heavy atom. The predicted octanol–water partition coefficient (Wildman–Crippen LogP) is 5.57. The Bertz CT molecular complexity index is 895. The number of hydrogen-bond acceptors (Lipinski definition) is 5. The minimum absolute atomic E-state index is 0.00527. The van der Waals surface area contributed by atoms with Crippen molar-refractivity contribution in [1.82, 2.24) is 4.90 Å². The van der Waals surface area contributed by atoms with Crippen LogP contribution in [0.15, 0.2) is 70.0 Å². The molecule has 1 aromatic heterocycles. The average molecular weight is 425 g/mol. The van der Waals surface area contributed by atoms with E-state index in [2.05, 4.69) is 0 Å². The molecule has 0 unspecified atom stereocenters. The number of allylic oxidation sites excluding steroid dienone is 1. The summed E-state index contributed by atoms with van der Waals surface area (Å²) in [6.45, 7) is 0.782. The topological polar surface area (TPSA) is 62.9 Å². The van der Waals surface area contributed by atoms with Gasteiger partial charge in [0.25, 0.3) is 5.92 Å². The van der Waals surface area contributed by atoms with Crippen molar-refractivity contribution in [1.29, 1.82) is 0 Å². The maximum absolute atomic E-state index is 14.4. The number of benzene rings is 1. The maximum atomic E-state index is 14.4. The molecule has 1 aliphatic rings. The fourth-order valence-corrected chi connectivity index (χ4v) is 3.90. The largest absolute Gasteiger partial charge is 0.511 e. The number of ether oxygens (including phenoxy) is 1. The van der Waals surface area contributed by atoms with Gasteiger partial charge in [0.1, 0.15) is 16.6 Å². The van der Waals surface area contributed by atoms with E-state index in [1.807, 2.05) is 0 Å². The molecule has 0 amide bonds. The molecular formula is C20H18F3NO4S. The fourth-order valence-electron chi connectivity index (χ4n) is 2.77. The number of halogens is 3. The highest BCUT2D eigenvalue weighted by atomic mass is 32.2. The zero-order valence-electron chi connectivity index (χ0n) is 15.2. The SMILES string of the molecule is O=C(O)OC1=C(SCCC(F)(F)c2ccc(F)cc2)N(Cc2ccco2)CC=C1. The molecule has 0 aliphatic carbocycles. The van der Waals surface area contributed by atoms with Crippen LogP contribution in [0.3, 0.4) is 0 Å². The van der Waals surface area contributed by atoms with Crippen LogP contribution in [0.5, 0.6) is 0 Å². The smallest absolute Gasteiger partial charge is 0.467 e. The number of furan rings is 1. The van der Waals surface area contributed by atoms with Gasteiger partial charge in [0.2, 0.25) is 0 Å². The van der Waals surface area contributed by atoms with Crippen LogP contribution in [0.25, 0.3) is 0 Å². The highest BCUT2D eigenvalue weighted by molar-refractivity contribution is 8.03. The molecule has 1 aliphatic heterocycles. The van der Waals surface area contributed by atoms with Gasteiger partial charge in [-0.05, 0) is 30.3 Å². The third kappa shape index (κ3) is 5.60. The van der Waals surface area contributed by atoms with Crippen LogP contribution in [0.4, 0.5) is 18.0 Å². The Morgan fingerprint density at radius 1 is 1.28 bits per heavy atom. The minimum atomic E-state index is -3.15. The molecule has 1 aromatic carbocycles. The summed E-state index contributed by atoms with van der Waals surface area (Å²) < 4.78 is 52.0. The molecule has 0 radical (unpaired) electrons. The van der Waals surface area contributed by atoms with Crippen LogP contribution in [0, 0.1) is 5.82 Å². The third-order valence-corrected chi connectivity index (χ3v) is 5.28. The molecule has 2 aromatic rings. The van der Waals surface area contributed by atoms with E-state index >= 15 is 0 Å². The van der Waals surface area contributed by atoms with Crippen molar-refractivity contribution in [2.24, 2.45) is 0 Å². The molecule has 3 rings (SSSR count). The van der Waals surface area contributed by atoms with E-state index in [0.717, 1.165) is 36.0 Å². The van der Waals surface area contributed by atoms with Crippen molar-refractivity contribution in [3.05, 3.63) is 82.7 Å². The van der Waals surface area contributed by atoms with Crippen molar-refractivity contribution in [3.63, 3.8) is 0 Å². The molecule has 154 valence electrons. The predicted molar refractivity (Wildman–Crippen MR) is 102 cm³/mol. The van der Waals surface area contributed by atoms with E-state index in [4.69, 9.17) is 14.3 Å². The molecule has 29 heavy (non-hydrogen) atoms. The first kappa shape index (κ1) is 20.9. The lowest BCUT2D eigenvalue weighted by Gasteiger charge is -2.29. The van der Waals surface area contributed by atoms with Gasteiger partial charge in [0.15, 0.2) is 5.76 Å². The molecule has 0 spiro atoms. The quantitative estimate of drug-likeness (QED) is 0.558. The number of hydrogen-bond donors (Lipinski definition) is 1. The molecule has 0 atom stereocenters. The van der Waals surface area contributed by atoms with E-state index in [1.165, 1.54) is 12.3 Å². The van der Waals surface area contributed by atoms with Gasteiger partial charge in [-0.1, -0.05) is 18.2 Å². The Hall–Kier alpha value is -2.81. The van der Waals surface area contributed by atoms with Gasteiger partial charge in [-0.25, -0.2) is 18.0 Å². The third-order valence-electron chi connectivity index (χ3n) is 4.14. The minimum Gasteiger partial charge on any atom is -0.467 e. The van der Waals surface area contributed by atoms with Crippen LogP contribution in [-0.2, 0) is 17.2 Å². The van der Waals surface area contributed by atoms with Crippen LogP contribution in [-0.4, -0.2) is 28.5 Å². The van der Waals surface area contributed by atoms with E-state index < -0.39 is 24.3 Å². The second kappa shape index (κ2) is 9.13. The number of carboxylic acid groups (broad SMARTS) is 1. The molecule has 1 N–H and O–H groups in total.